The van der Waals surface area contributed by atoms with E-state index in [0.717, 1.165) is 5.69 Å². The number of nitrogens with one attached hydrogen (secondary N) is 1. The first-order chi connectivity index (χ1) is 8.06. The molecule has 0 atom stereocenters. The zero-order valence-electron chi connectivity index (χ0n) is 9.64. The van der Waals surface area contributed by atoms with Gasteiger partial charge in [-0.1, -0.05) is 0 Å². The third-order valence-electron chi connectivity index (χ3n) is 2.19. The quantitative estimate of drug-likeness (QED) is 0.613. The molecule has 2 aromatic rings. The molecular weight excluding hydrogens is 218 g/mol. The fraction of sp³-hybridized carbons (Fsp3) is 0.182. The van der Waals surface area contributed by atoms with Crippen LogP contribution in [0, 0.1) is 12.3 Å². The first-order valence-electron chi connectivity index (χ1n) is 5.05. The third-order valence-corrected chi connectivity index (χ3v) is 2.19. The van der Waals surface area contributed by atoms with Crippen LogP contribution in [0.25, 0.3) is 0 Å². The van der Waals surface area contributed by atoms with Crippen molar-refractivity contribution in [2.45, 2.75) is 6.92 Å². The van der Waals surface area contributed by atoms with E-state index in [1.807, 2.05) is 13.0 Å². The van der Waals surface area contributed by atoms with E-state index >= 15 is 0 Å². The summed E-state index contributed by atoms with van der Waals surface area (Å²) in [7, 11) is 1.80. The summed E-state index contributed by atoms with van der Waals surface area (Å²) in [4.78, 5) is 3.96. The van der Waals surface area contributed by atoms with Gasteiger partial charge in [0.15, 0.2) is 0 Å². The highest BCUT2D eigenvalue weighted by Crippen LogP contribution is 2.21. The van der Waals surface area contributed by atoms with E-state index in [4.69, 9.17) is 15.9 Å². The first-order valence-corrected chi connectivity index (χ1v) is 5.05. The summed E-state index contributed by atoms with van der Waals surface area (Å²) < 4.78 is 7.27. The SMILES string of the molecule is Cc1cc(Oc2ccnc(C(=N)N)c2)n(C)n1. The summed E-state index contributed by atoms with van der Waals surface area (Å²) in [6.45, 7) is 1.89. The van der Waals surface area contributed by atoms with Gasteiger partial charge in [0.2, 0.25) is 5.88 Å². The minimum atomic E-state index is -0.0864. The molecule has 6 nitrogen and oxygen atoms in total. The molecular formula is C11H13N5O. The molecule has 2 rings (SSSR count). The Morgan fingerprint density at radius 2 is 2.24 bits per heavy atom. The summed E-state index contributed by atoms with van der Waals surface area (Å²) in [5.74, 6) is 1.12. The largest absolute Gasteiger partial charge is 0.439 e. The van der Waals surface area contributed by atoms with Crippen molar-refractivity contribution < 1.29 is 4.74 Å². The number of hydrogen-bond acceptors (Lipinski definition) is 4. The Morgan fingerprint density at radius 1 is 1.47 bits per heavy atom. The van der Waals surface area contributed by atoms with Gasteiger partial charge < -0.3 is 10.5 Å². The molecule has 0 saturated carbocycles. The Kier molecular flexibility index (Phi) is 2.78. The lowest BCUT2D eigenvalue weighted by atomic mass is 10.3. The fourth-order valence-electron chi connectivity index (χ4n) is 1.43. The maximum Gasteiger partial charge on any atom is 0.217 e. The van der Waals surface area contributed by atoms with Gasteiger partial charge in [-0.15, -0.1) is 0 Å². The molecule has 0 aliphatic rings. The van der Waals surface area contributed by atoms with Gasteiger partial charge in [0.1, 0.15) is 17.3 Å². The van der Waals surface area contributed by atoms with Crippen molar-refractivity contribution in [2.75, 3.05) is 0 Å². The molecule has 0 aromatic carbocycles. The van der Waals surface area contributed by atoms with Gasteiger partial charge in [0.05, 0.1) is 5.69 Å². The van der Waals surface area contributed by atoms with Crippen LogP contribution in [0.4, 0.5) is 0 Å². The van der Waals surface area contributed by atoms with Crippen LogP contribution in [0.1, 0.15) is 11.4 Å². The van der Waals surface area contributed by atoms with Crippen molar-refractivity contribution in [1.29, 1.82) is 5.41 Å². The lowest BCUT2D eigenvalue weighted by Gasteiger charge is -2.06. The summed E-state index contributed by atoms with van der Waals surface area (Å²) in [5, 5.41) is 11.5. The predicted molar refractivity (Wildman–Crippen MR) is 63.3 cm³/mol. The van der Waals surface area contributed by atoms with E-state index in [9.17, 15) is 0 Å². The Labute approximate surface area is 98.5 Å². The molecule has 17 heavy (non-hydrogen) atoms. The monoisotopic (exact) mass is 231 g/mol. The molecule has 0 aliphatic heterocycles. The maximum atomic E-state index is 7.30. The van der Waals surface area contributed by atoms with E-state index in [-0.39, 0.29) is 5.84 Å². The Bertz CT molecular complexity index is 561. The number of aromatic nitrogens is 3. The van der Waals surface area contributed by atoms with Gasteiger partial charge in [-0.3, -0.25) is 10.4 Å². The molecule has 0 saturated heterocycles. The van der Waals surface area contributed by atoms with E-state index in [0.29, 0.717) is 17.3 Å². The van der Waals surface area contributed by atoms with Crippen LogP contribution < -0.4 is 10.5 Å². The standard InChI is InChI=1S/C11H13N5O/c1-7-5-10(16(2)15-7)17-8-3-4-14-9(6-8)11(12)13/h3-6H,1-2H3,(H3,12,13). The predicted octanol–water partition coefficient (Wildman–Crippen LogP) is 1.20. The minimum absolute atomic E-state index is 0.0864. The van der Waals surface area contributed by atoms with Crippen molar-refractivity contribution in [2.24, 2.45) is 12.8 Å². The summed E-state index contributed by atoms with van der Waals surface area (Å²) >= 11 is 0. The van der Waals surface area contributed by atoms with Gasteiger partial charge in [-0.2, -0.15) is 5.10 Å². The van der Waals surface area contributed by atoms with Crippen LogP contribution in [0.5, 0.6) is 11.6 Å². The lowest BCUT2D eigenvalue weighted by molar-refractivity contribution is 0.430. The highest BCUT2D eigenvalue weighted by Gasteiger charge is 2.06. The number of pyridine rings is 1. The van der Waals surface area contributed by atoms with E-state index in [1.54, 1.807) is 30.1 Å². The van der Waals surface area contributed by atoms with Crippen LogP contribution in [0.2, 0.25) is 0 Å². The van der Waals surface area contributed by atoms with Crippen LogP contribution in [0.15, 0.2) is 24.4 Å². The highest BCUT2D eigenvalue weighted by molar-refractivity contribution is 5.93. The second-order valence-corrected chi connectivity index (χ2v) is 3.64. The number of nitrogen functional groups attached to an aromatic ring is 1. The molecule has 0 spiro atoms. The Morgan fingerprint density at radius 3 is 2.82 bits per heavy atom. The van der Waals surface area contributed by atoms with Crippen LogP contribution in [-0.4, -0.2) is 20.6 Å². The maximum absolute atomic E-state index is 7.30. The number of rotatable bonds is 3. The van der Waals surface area contributed by atoms with Crippen molar-refractivity contribution in [3.05, 3.63) is 35.8 Å². The van der Waals surface area contributed by atoms with E-state index in [2.05, 4.69) is 10.1 Å². The number of hydrogen-bond donors (Lipinski definition) is 2. The lowest BCUT2D eigenvalue weighted by Crippen LogP contribution is -2.12. The molecule has 6 heteroatoms. The molecule has 0 aliphatic carbocycles. The van der Waals surface area contributed by atoms with Crippen molar-refractivity contribution >= 4 is 5.84 Å². The molecule has 2 heterocycles. The van der Waals surface area contributed by atoms with Gasteiger partial charge in [0, 0.05) is 25.4 Å². The Balaban J connectivity index is 2.27. The van der Waals surface area contributed by atoms with E-state index in [1.165, 1.54) is 0 Å². The number of nitrogens with zero attached hydrogens (tertiary/aromatic N) is 3. The summed E-state index contributed by atoms with van der Waals surface area (Å²) in [5.41, 5.74) is 6.63. The zero-order chi connectivity index (χ0) is 12.4. The topological polar surface area (TPSA) is 89.8 Å². The molecule has 0 fully saturated rings. The molecule has 3 N–H and O–H groups in total. The molecule has 0 amide bonds. The molecule has 0 bridgehead atoms. The second-order valence-electron chi connectivity index (χ2n) is 3.64. The molecule has 2 aromatic heterocycles. The van der Waals surface area contributed by atoms with Crippen LogP contribution in [0.3, 0.4) is 0 Å². The summed E-state index contributed by atoms with van der Waals surface area (Å²) in [6.07, 6.45) is 1.55. The number of amidine groups is 1. The zero-order valence-corrected chi connectivity index (χ0v) is 9.64. The third kappa shape index (κ3) is 2.41. The number of ether oxygens (including phenoxy) is 1. The average Bonchev–Trinajstić information content (AvgIpc) is 2.58. The minimum Gasteiger partial charge on any atom is -0.439 e. The van der Waals surface area contributed by atoms with Gasteiger partial charge in [-0.25, -0.2) is 4.68 Å². The Hall–Kier alpha value is -2.37. The van der Waals surface area contributed by atoms with E-state index < -0.39 is 0 Å². The number of aryl methyl sites for hydroxylation is 2. The average molecular weight is 231 g/mol. The fourth-order valence-corrected chi connectivity index (χ4v) is 1.43. The highest BCUT2D eigenvalue weighted by atomic mass is 16.5. The van der Waals surface area contributed by atoms with Crippen molar-refractivity contribution in [3.63, 3.8) is 0 Å². The molecule has 0 radical (unpaired) electrons. The number of nitrogens with two attached hydrogens (primary N) is 1. The summed E-state index contributed by atoms with van der Waals surface area (Å²) in [6, 6.07) is 5.15. The van der Waals surface area contributed by atoms with Gasteiger partial charge in [0.25, 0.3) is 0 Å². The normalized spacial score (nSPS) is 10.2. The van der Waals surface area contributed by atoms with Crippen molar-refractivity contribution in [3.8, 4) is 11.6 Å². The molecule has 88 valence electrons. The smallest absolute Gasteiger partial charge is 0.217 e. The molecule has 0 unspecified atom stereocenters. The van der Waals surface area contributed by atoms with Crippen LogP contribution in [-0.2, 0) is 7.05 Å². The van der Waals surface area contributed by atoms with Crippen molar-refractivity contribution in [1.82, 2.24) is 14.8 Å². The van der Waals surface area contributed by atoms with Crippen LogP contribution >= 0.6 is 0 Å². The first kappa shape index (κ1) is 11.1. The van der Waals surface area contributed by atoms with Gasteiger partial charge in [-0.05, 0) is 13.0 Å². The van der Waals surface area contributed by atoms with Gasteiger partial charge >= 0.3 is 0 Å². The second kappa shape index (κ2) is 4.25.